The van der Waals surface area contributed by atoms with Gasteiger partial charge in [-0.15, -0.1) is 0 Å². The molecule has 0 aromatic carbocycles. The summed E-state index contributed by atoms with van der Waals surface area (Å²) in [7, 11) is 0. The summed E-state index contributed by atoms with van der Waals surface area (Å²) in [5.41, 5.74) is 1.59. The maximum absolute atomic E-state index is 11.3. The van der Waals surface area contributed by atoms with Gasteiger partial charge in [0.25, 0.3) is 0 Å². The molecule has 0 bridgehead atoms. The first-order valence-corrected chi connectivity index (χ1v) is 10.3. The first-order valence-electron chi connectivity index (χ1n) is 10.3. The first kappa shape index (κ1) is 17.4. The van der Waals surface area contributed by atoms with Crippen molar-refractivity contribution in [1.82, 2.24) is 0 Å². The summed E-state index contributed by atoms with van der Waals surface area (Å²) in [4.78, 5) is 11.3. The van der Waals surface area contributed by atoms with Crippen LogP contribution in [0.15, 0.2) is 5.16 Å². The average molecular weight is 347 g/mol. The van der Waals surface area contributed by atoms with Gasteiger partial charge in [-0.05, 0) is 86.9 Å². The van der Waals surface area contributed by atoms with E-state index in [0.717, 1.165) is 36.8 Å². The minimum atomic E-state index is -0.127. The van der Waals surface area contributed by atoms with Crippen LogP contribution in [-0.4, -0.2) is 23.0 Å². The van der Waals surface area contributed by atoms with Gasteiger partial charge in [0, 0.05) is 12.3 Å². The molecule has 7 atom stereocenters. The van der Waals surface area contributed by atoms with E-state index in [0.29, 0.717) is 17.3 Å². The van der Waals surface area contributed by atoms with E-state index in [4.69, 9.17) is 4.74 Å². The number of oxime groups is 1. The van der Waals surface area contributed by atoms with E-state index in [9.17, 15) is 10.0 Å². The van der Waals surface area contributed by atoms with Crippen molar-refractivity contribution >= 4 is 11.7 Å². The molecule has 140 valence electrons. The lowest BCUT2D eigenvalue weighted by Gasteiger charge is -2.60. The summed E-state index contributed by atoms with van der Waals surface area (Å²) in [6.07, 6.45) is 10.6. The molecule has 4 rings (SSSR count). The van der Waals surface area contributed by atoms with E-state index in [2.05, 4.69) is 19.0 Å². The third-order valence-corrected chi connectivity index (χ3v) is 8.81. The molecule has 4 heteroatoms. The molecule has 0 aromatic rings. The van der Waals surface area contributed by atoms with Crippen molar-refractivity contribution in [3.8, 4) is 0 Å². The van der Waals surface area contributed by atoms with Crippen LogP contribution in [0.4, 0.5) is 0 Å². The Kier molecular flexibility index (Phi) is 4.16. The second-order valence-corrected chi connectivity index (χ2v) is 9.70. The summed E-state index contributed by atoms with van der Waals surface area (Å²) in [5.74, 6) is 2.84. The molecule has 0 saturated heterocycles. The Labute approximate surface area is 151 Å². The maximum Gasteiger partial charge on any atom is 0.302 e. The predicted molar refractivity (Wildman–Crippen MR) is 96.5 cm³/mol. The Morgan fingerprint density at radius 1 is 1.12 bits per heavy atom. The second kappa shape index (κ2) is 5.99. The second-order valence-electron chi connectivity index (χ2n) is 9.70. The zero-order valence-corrected chi connectivity index (χ0v) is 16.0. The molecular weight excluding hydrogens is 314 g/mol. The molecule has 4 saturated carbocycles. The number of carbonyl (C=O) groups excluding carboxylic acids is 1. The minimum absolute atomic E-state index is 0.127. The molecule has 0 radical (unpaired) electrons. The highest BCUT2D eigenvalue weighted by atomic mass is 16.5. The van der Waals surface area contributed by atoms with Gasteiger partial charge in [-0.2, -0.15) is 0 Å². The van der Waals surface area contributed by atoms with E-state index in [-0.39, 0.29) is 17.5 Å². The van der Waals surface area contributed by atoms with E-state index in [1.807, 2.05) is 0 Å². The third kappa shape index (κ3) is 2.54. The molecule has 1 N–H and O–H groups in total. The van der Waals surface area contributed by atoms with Gasteiger partial charge in [-0.25, -0.2) is 0 Å². The van der Waals surface area contributed by atoms with Crippen molar-refractivity contribution in [1.29, 1.82) is 0 Å². The van der Waals surface area contributed by atoms with Gasteiger partial charge in [0.1, 0.15) is 6.10 Å². The lowest BCUT2D eigenvalue weighted by molar-refractivity contribution is -0.158. The highest BCUT2D eigenvalue weighted by Crippen LogP contribution is 2.65. The van der Waals surface area contributed by atoms with Crippen LogP contribution in [0, 0.1) is 34.5 Å². The maximum atomic E-state index is 11.3. The minimum Gasteiger partial charge on any atom is -0.463 e. The van der Waals surface area contributed by atoms with Crippen molar-refractivity contribution in [2.75, 3.05) is 0 Å². The number of ether oxygens (including phenoxy) is 1. The van der Waals surface area contributed by atoms with E-state index >= 15 is 0 Å². The van der Waals surface area contributed by atoms with Crippen molar-refractivity contribution in [2.24, 2.45) is 39.7 Å². The molecule has 4 nitrogen and oxygen atoms in total. The monoisotopic (exact) mass is 347 g/mol. The Balaban J connectivity index is 1.55. The number of rotatable bonds is 1. The van der Waals surface area contributed by atoms with Crippen molar-refractivity contribution in [3.63, 3.8) is 0 Å². The van der Waals surface area contributed by atoms with Gasteiger partial charge in [-0.1, -0.05) is 19.0 Å². The molecule has 0 aromatic heterocycles. The van der Waals surface area contributed by atoms with E-state index in [1.54, 1.807) is 0 Å². The summed E-state index contributed by atoms with van der Waals surface area (Å²) < 4.78 is 5.55. The fourth-order valence-electron chi connectivity index (χ4n) is 7.51. The fraction of sp³-hybridized carbons (Fsp3) is 0.905. The zero-order valence-electron chi connectivity index (χ0n) is 16.0. The largest absolute Gasteiger partial charge is 0.463 e. The van der Waals surface area contributed by atoms with Crippen LogP contribution >= 0.6 is 0 Å². The van der Waals surface area contributed by atoms with Crippen molar-refractivity contribution in [2.45, 2.75) is 84.7 Å². The van der Waals surface area contributed by atoms with Crippen LogP contribution in [0.5, 0.6) is 0 Å². The van der Waals surface area contributed by atoms with Crippen molar-refractivity contribution < 1.29 is 14.7 Å². The Hall–Kier alpha value is -1.06. The standard InChI is InChI=1S/C21H33NO3/c1-13(23)25-15-8-10-20(2)14(12-15)4-5-16-17-6-7-19(22-24)21(17,3)11-9-18(16)20/h14-18,24H,4-12H2,1-3H3/b22-19+. The van der Waals surface area contributed by atoms with Crippen LogP contribution in [0.25, 0.3) is 0 Å². The third-order valence-electron chi connectivity index (χ3n) is 8.81. The van der Waals surface area contributed by atoms with E-state index in [1.165, 1.54) is 45.4 Å². The predicted octanol–water partition coefficient (Wildman–Crippen LogP) is 4.79. The number of nitrogens with zero attached hydrogens (tertiary/aromatic N) is 1. The van der Waals surface area contributed by atoms with Gasteiger partial charge in [-0.3, -0.25) is 4.79 Å². The number of fused-ring (bicyclic) bond motifs is 5. The van der Waals surface area contributed by atoms with Crippen LogP contribution < -0.4 is 0 Å². The first-order chi connectivity index (χ1) is 11.9. The quantitative estimate of drug-likeness (QED) is 0.421. The van der Waals surface area contributed by atoms with Crippen LogP contribution in [-0.2, 0) is 9.53 Å². The molecule has 7 unspecified atom stereocenters. The molecule has 4 aliphatic rings. The molecule has 4 fully saturated rings. The molecule has 0 heterocycles. The highest BCUT2D eigenvalue weighted by molar-refractivity contribution is 5.91. The van der Waals surface area contributed by atoms with Gasteiger partial charge >= 0.3 is 5.97 Å². The average Bonchev–Trinajstić information content (AvgIpc) is 2.91. The Bertz CT molecular complexity index is 588. The number of esters is 1. The van der Waals surface area contributed by atoms with Crippen LogP contribution in [0.2, 0.25) is 0 Å². The Morgan fingerprint density at radius 2 is 1.92 bits per heavy atom. The smallest absolute Gasteiger partial charge is 0.302 e. The summed E-state index contributed by atoms with van der Waals surface area (Å²) in [6.45, 7) is 6.41. The Morgan fingerprint density at radius 3 is 2.64 bits per heavy atom. The molecule has 25 heavy (non-hydrogen) atoms. The number of hydrogen-bond acceptors (Lipinski definition) is 4. The molecule has 0 spiro atoms. The molecule has 0 aliphatic heterocycles. The van der Waals surface area contributed by atoms with Gasteiger partial charge in [0.05, 0.1) is 5.71 Å². The number of hydrogen-bond donors (Lipinski definition) is 1. The summed E-state index contributed by atoms with van der Waals surface area (Å²) in [5, 5.41) is 13.1. The van der Waals surface area contributed by atoms with Gasteiger partial charge in [0.15, 0.2) is 0 Å². The van der Waals surface area contributed by atoms with Crippen LogP contribution in [0.3, 0.4) is 0 Å². The molecular formula is C21H33NO3. The summed E-state index contributed by atoms with van der Waals surface area (Å²) in [6, 6.07) is 0. The highest BCUT2D eigenvalue weighted by Gasteiger charge is 2.59. The lowest BCUT2D eigenvalue weighted by atomic mass is 9.45. The SMILES string of the molecule is CC(=O)OC1CCC2(C)C(CCC3C4CC/C(=N\O)C4(C)CCC32)C1. The topological polar surface area (TPSA) is 58.9 Å². The van der Waals surface area contributed by atoms with Gasteiger partial charge in [0.2, 0.25) is 0 Å². The normalized spacial score (nSPS) is 50.7. The lowest BCUT2D eigenvalue weighted by Crippen LogP contribution is -2.54. The zero-order chi connectivity index (χ0) is 17.8. The van der Waals surface area contributed by atoms with Crippen molar-refractivity contribution in [3.05, 3.63) is 0 Å². The fourth-order valence-corrected chi connectivity index (χ4v) is 7.51. The summed E-state index contributed by atoms with van der Waals surface area (Å²) >= 11 is 0. The van der Waals surface area contributed by atoms with E-state index < -0.39 is 0 Å². The molecule has 4 aliphatic carbocycles. The van der Waals surface area contributed by atoms with Crippen LogP contribution in [0.1, 0.15) is 78.6 Å². The van der Waals surface area contributed by atoms with Gasteiger partial charge < -0.3 is 9.94 Å². The number of carbonyl (C=O) groups is 1. The molecule has 0 amide bonds.